The first-order valence-corrected chi connectivity index (χ1v) is 11.6. The molecule has 2 nitrogen and oxygen atoms in total. The van der Waals surface area contributed by atoms with Crippen LogP contribution in [0.25, 0.3) is 66.0 Å². The van der Waals surface area contributed by atoms with E-state index in [2.05, 4.69) is 84.9 Å². The number of halogens is 1. The van der Waals surface area contributed by atoms with Crippen LogP contribution in [-0.4, -0.2) is 4.98 Å². The van der Waals surface area contributed by atoms with Crippen molar-refractivity contribution < 1.29 is 4.42 Å². The third-order valence-corrected chi connectivity index (χ3v) is 6.89. The van der Waals surface area contributed by atoms with Gasteiger partial charge in [0.15, 0.2) is 5.58 Å². The highest BCUT2D eigenvalue weighted by Gasteiger charge is 2.15. The zero-order chi connectivity index (χ0) is 22.6. The van der Waals surface area contributed by atoms with Gasteiger partial charge in [0.25, 0.3) is 0 Å². The molecular weight excluding hydrogens is 438 g/mol. The molecule has 0 unspecified atom stereocenters. The molecule has 0 spiro atoms. The molecule has 0 saturated carbocycles. The highest BCUT2D eigenvalue weighted by molar-refractivity contribution is 6.37. The number of hydrogen-bond donors (Lipinski definition) is 0. The Labute approximate surface area is 201 Å². The van der Waals surface area contributed by atoms with E-state index in [9.17, 15) is 0 Å². The fourth-order valence-electron chi connectivity index (χ4n) is 4.90. The lowest BCUT2D eigenvalue weighted by atomic mass is 9.96. The first-order chi connectivity index (χ1) is 16.8. The minimum Gasteiger partial charge on any atom is -0.435 e. The Kier molecular flexibility index (Phi) is 4.23. The summed E-state index contributed by atoms with van der Waals surface area (Å²) >= 11 is 6.53. The Hall–Kier alpha value is -4.14. The molecule has 0 atom stereocenters. The fraction of sp³-hybridized carbons (Fsp3) is 0. The second kappa shape index (κ2) is 7.44. The van der Waals surface area contributed by atoms with Crippen molar-refractivity contribution in [3.8, 4) is 22.6 Å². The predicted octanol–water partition coefficient (Wildman–Crippen LogP) is 9.27. The molecular formula is C31H18ClNO. The number of rotatable bonds is 2. The summed E-state index contributed by atoms with van der Waals surface area (Å²) in [5.41, 5.74) is 4.96. The van der Waals surface area contributed by atoms with Crippen LogP contribution in [0.4, 0.5) is 0 Å². The highest BCUT2D eigenvalue weighted by Crippen LogP contribution is 2.39. The minimum atomic E-state index is 0.623. The molecule has 0 radical (unpaired) electrons. The minimum absolute atomic E-state index is 0.623. The van der Waals surface area contributed by atoms with Crippen molar-refractivity contribution in [1.82, 2.24) is 4.98 Å². The quantitative estimate of drug-likeness (QED) is 0.243. The van der Waals surface area contributed by atoms with Gasteiger partial charge in [0, 0.05) is 26.7 Å². The summed E-state index contributed by atoms with van der Waals surface area (Å²) in [5, 5.41) is 7.40. The number of aromatic nitrogens is 1. The Morgan fingerprint density at radius 2 is 1.21 bits per heavy atom. The molecule has 7 rings (SSSR count). The molecule has 0 amide bonds. The fourth-order valence-corrected chi connectivity index (χ4v) is 5.13. The lowest BCUT2D eigenvalue weighted by Gasteiger charge is -2.09. The van der Waals surface area contributed by atoms with Crippen molar-refractivity contribution >= 4 is 55.0 Å². The SMILES string of the molecule is Clc1cccc2c1ccc1ccc3ccc4nc(-c5ccc(-c6ccccc6)cc5)oc4c3c12. The van der Waals surface area contributed by atoms with Crippen LogP contribution < -0.4 is 0 Å². The number of fused-ring (bicyclic) bond motifs is 7. The lowest BCUT2D eigenvalue weighted by molar-refractivity contribution is 0.623. The van der Waals surface area contributed by atoms with Crippen LogP contribution >= 0.6 is 11.6 Å². The molecule has 0 aliphatic heterocycles. The number of hydrogen-bond acceptors (Lipinski definition) is 2. The average Bonchev–Trinajstić information content (AvgIpc) is 3.34. The molecule has 0 fully saturated rings. The van der Waals surface area contributed by atoms with E-state index in [4.69, 9.17) is 21.0 Å². The standard InChI is InChI=1S/C31H18ClNO/c32-26-8-4-7-25-24(26)17-15-21-11-12-22-16-18-27-30(29(22)28(21)25)34-31(33-27)23-13-9-20(10-14-23)19-5-2-1-3-6-19/h1-18H. The lowest BCUT2D eigenvalue weighted by Crippen LogP contribution is -1.83. The predicted molar refractivity (Wildman–Crippen MR) is 142 cm³/mol. The van der Waals surface area contributed by atoms with Gasteiger partial charge in [0.1, 0.15) is 5.52 Å². The molecule has 7 aromatic rings. The van der Waals surface area contributed by atoms with Gasteiger partial charge < -0.3 is 4.42 Å². The molecule has 160 valence electrons. The second-order valence-corrected chi connectivity index (χ2v) is 8.95. The van der Waals surface area contributed by atoms with Gasteiger partial charge in [-0.05, 0) is 51.6 Å². The van der Waals surface area contributed by atoms with E-state index in [0.29, 0.717) is 5.89 Å². The van der Waals surface area contributed by atoms with E-state index in [1.807, 2.05) is 24.3 Å². The van der Waals surface area contributed by atoms with Gasteiger partial charge in [-0.1, -0.05) is 96.5 Å². The largest absolute Gasteiger partial charge is 0.435 e. The molecule has 3 heteroatoms. The van der Waals surface area contributed by atoms with Gasteiger partial charge in [-0.15, -0.1) is 0 Å². The van der Waals surface area contributed by atoms with Crippen LogP contribution in [0.15, 0.2) is 114 Å². The molecule has 1 aromatic heterocycles. The summed E-state index contributed by atoms with van der Waals surface area (Å²) in [7, 11) is 0. The molecule has 6 aromatic carbocycles. The van der Waals surface area contributed by atoms with Crippen molar-refractivity contribution in [2.24, 2.45) is 0 Å². The topological polar surface area (TPSA) is 26.0 Å². The van der Waals surface area contributed by atoms with Crippen molar-refractivity contribution in [3.05, 3.63) is 114 Å². The number of oxazole rings is 1. The van der Waals surface area contributed by atoms with Gasteiger partial charge in [-0.25, -0.2) is 4.98 Å². The van der Waals surface area contributed by atoms with Crippen molar-refractivity contribution in [2.75, 3.05) is 0 Å². The van der Waals surface area contributed by atoms with Gasteiger partial charge in [-0.3, -0.25) is 0 Å². The number of nitrogens with zero attached hydrogens (tertiary/aromatic N) is 1. The molecule has 0 aliphatic carbocycles. The third kappa shape index (κ3) is 2.93. The van der Waals surface area contributed by atoms with E-state index >= 15 is 0 Å². The van der Waals surface area contributed by atoms with Gasteiger partial charge in [0.2, 0.25) is 5.89 Å². The van der Waals surface area contributed by atoms with E-state index in [0.717, 1.165) is 54.0 Å². The van der Waals surface area contributed by atoms with Crippen LogP contribution in [0.5, 0.6) is 0 Å². The zero-order valence-electron chi connectivity index (χ0n) is 18.1. The Bertz CT molecular complexity index is 1850. The summed E-state index contributed by atoms with van der Waals surface area (Å²) in [5.74, 6) is 0.623. The highest BCUT2D eigenvalue weighted by atomic mass is 35.5. The monoisotopic (exact) mass is 455 g/mol. The van der Waals surface area contributed by atoms with E-state index in [1.165, 1.54) is 11.1 Å². The van der Waals surface area contributed by atoms with Gasteiger partial charge >= 0.3 is 0 Å². The molecule has 0 saturated heterocycles. The molecule has 0 N–H and O–H groups in total. The second-order valence-electron chi connectivity index (χ2n) is 8.54. The molecule has 0 aliphatic rings. The maximum Gasteiger partial charge on any atom is 0.227 e. The smallest absolute Gasteiger partial charge is 0.227 e. The molecule has 0 bridgehead atoms. The maximum atomic E-state index is 6.53. The van der Waals surface area contributed by atoms with Crippen LogP contribution in [0, 0.1) is 0 Å². The van der Waals surface area contributed by atoms with Gasteiger partial charge in [0.05, 0.1) is 0 Å². The van der Waals surface area contributed by atoms with Gasteiger partial charge in [-0.2, -0.15) is 0 Å². The first kappa shape index (κ1) is 19.3. The van der Waals surface area contributed by atoms with Crippen molar-refractivity contribution in [2.45, 2.75) is 0 Å². The molecule has 34 heavy (non-hydrogen) atoms. The van der Waals surface area contributed by atoms with Crippen LogP contribution in [0.1, 0.15) is 0 Å². The summed E-state index contributed by atoms with van der Waals surface area (Å²) in [6, 6.07) is 37.5. The summed E-state index contributed by atoms with van der Waals surface area (Å²) in [6.07, 6.45) is 0. The van der Waals surface area contributed by atoms with Crippen LogP contribution in [-0.2, 0) is 0 Å². The van der Waals surface area contributed by atoms with E-state index in [1.54, 1.807) is 0 Å². The first-order valence-electron chi connectivity index (χ1n) is 11.3. The normalized spacial score (nSPS) is 11.7. The average molecular weight is 456 g/mol. The Morgan fingerprint density at radius 1 is 0.529 bits per heavy atom. The van der Waals surface area contributed by atoms with E-state index < -0.39 is 0 Å². The summed E-state index contributed by atoms with van der Waals surface area (Å²) < 4.78 is 6.46. The molecule has 1 heterocycles. The summed E-state index contributed by atoms with van der Waals surface area (Å²) in [6.45, 7) is 0. The zero-order valence-corrected chi connectivity index (χ0v) is 18.9. The Morgan fingerprint density at radius 3 is 2.03 bits per heavy atom. The Balaban J connectivity index is 1.47. The third-order valence-electron chi connectivity index (χ3n) is 6.56. The van der Waals surface area contributed by atoms with Crippen molar-refractivity contribution in [3.63, 3.8) is 0 Å². The van der Waals surface area contributed by atoms with E-state index in [-0.39, 0.29) is 0 Å². The van der Waals surface area contributed by atoms with Crippen LogP contribution in [0.2, 0.25) is 5.02 Å². The maximum absolute atomic E-state index is 6.53. The van der Waals surface area contributed by atoms with Crippen LogP contribution in [0.3, 0.4) is 0 Å². The van der Waals surface area contributed by atoms with Crippen molar-refractivity contribution in [1.29, 1.82) is 0 Å². The number of benzene rings is 6. The summed E-state index contributed by atoms with van der Waals surface area (Å²) in [4.78, 5) is 4.85.